The van der Waals surface area contributed by atoms with E-state index in [1.807, 2.05) is 0 Å². The zero-order valence-corrected chi connectivity index (χ0v) is 19.0. The van der Waals surface area contributed by atoms with Crippen LogP contribution in [0.1, 0.15) is 21.0 Å². The van der Waals surface area contributed by atoms with Crippen molar-refractivity contribution in [3.05, 3.63) is 90.8 Å². The first-order valence-electron chi connectivity index (χ1n) is 6.12. The van der Waals surface area contributed by atoms with Crippen molar-refractivity contribution in [1.29, 1.82) is 0 Å². The van der Waals surface area contributed by atoms with Crippen LogP contribution in [0.4, 0.5) is 0 Å². The molecule has 27 heavy (non-hydrogen) atoms. The molecule has 14 nitrogen and oxygen atoms in total. The zero-order chi connectivity index (χ0) is 20.5. The molecule has 0 aliphatic carbocycles. The van der Waals surface area contributed by atoms with E-state index >= 15 is 0 Å². The van der Waals surface area contributed by atoms with Crippen molar-refractivity contribution < 1.29 is 47.4 Å². The summed E-state index contributed by atoms with van der Waals surface area (Å²) in [5.41, 5.74) is 10.4. The zero-order valence-electron chi connectivity index (χ0n) is 13.5. The summed E-state index contributed by atoms with van der Waals surface area (Å²) in [5, 5.41) is 29.5. The molecule has 0 aliphatic rings. The predicted molar refractivity (Wildman–Crippen MR) is 86.2 cm³/mol. The summed E-state index contributed by atoms with van der Waals surface area (Å²) in [7, 11) is 0. The topological polar surface area (TPSA) is 244 Å². The molecule has 0 saturated heterocycles. The summed E-state index contributed by atoms with van der Waals surface area (Å²) < 4.78 is 0. The van der Waals surface area contributed by atoms with Gasteiger partial charge in [0.25, 0.3) is 11.8 Å². The smallest absolute Gasteiger partial charge is 0.364 e. The van der Waals surface area contributed by atoms with E-state index in [9.17, 15) is 9.59 Å². The van der Waals surface area contributed by atoms with Gasteiger partial charge in [0.15, 0.2) is 0 Å². The van der Waals surface area contributed by atoms with E-state index in [1.54, 1.807) is 36.4 Å². The minimum Gasteiger partial charge on any atom is -0.364 e. The van der Waals surface area contributed by atoms with Crippen LogP contribution in [0.25, 0.3) is 0 Å². The molecule has 0 radical (unpaired) electrons. The van der Waals surface area contributed by atoms with Gasteiger partial charge in [-0.05, 0) is 24.3 Å². The number of hydrogen-bond donors (Lipinski definition) is 2. The number of hydrogen-bond acceptors (Lipinski definition) is 10. The number of carbonyl (C=O) groups excluding carboxylic acids is 2. The van der Waals surface area contributed by atoms with Crippen molar-refractivity contribution in [2.75, 3.05) is 0 Å². The third-order valence-corrected chi connectivity index (χ3v) is 1.83. The Morgan fingerprint density at radius 1 is 0.741 bits per heavy atom. The van der Waals surface area contributed by atoms with E-state index in [2.05, 4.69) is 9.97 Å². The number of rotatable bonds is 2. The Hall–Kier alpha value is -3.42. The molecule has 0 fully saturated rings. The molecule has 0 spiro atoms. The Labute approximate surface area is 171 Å². The Bertz CT molecular complexity index is 634. The molecule has 2 aromatic rings. The molecule has 2 aromatic heterocycles. The quantitative estimate of drug-likeness (QED) is 0.276. The first-order valence-corrected chi connectivity index (χ1v) is 6.12. The molecule has 4 N–H and O–H groups in total. The number of pyridine rings is 2. The minimum absolute atomic E-state index is 0. The Morgan fingerprint density at radius 2 is 1.00 bits per heavy atom. The van der Waals surface area contributed by atoms with Crippen LogP contribution in [0, 0.1) is 30.6 Å². The van der Waals surface area contributed by atoms with Crippen LogP contribution in [0.3, 0.4) is 0 Å². The van der Waals surface area contributed by atoms with Gasteiger partial charge in [-0.25, -0.2) is 0 Å². The SMILES string of the molecule is NC(=O)c1ccccn1.NC(=O)c1ccccn1.O=[N+]([O-])[O-].O=[N+]([O-])[O-].[Hg+2]. The Kier molecular flexibility index (Phi) is 18.3. The van der Waals surface area contributed by atoms with Crippen molar-refractivity contribution >= 4 is 11.8 Å². The third-order valence-electron chi connectivity index (χ3n) is 1.83. The maximum absolute atomic E-state index is 10.4. The average Bonchev–Trinajstić information content (AvgIpc) is 2.56. The predicted octanol–water partition coefficient (Wildman–Crippen LogP) is -0.120. The van der Waals surface area contributed by atoms with Gasteiger partial charge >= 0.3 is 27.7 Å². The summed E-state index contributed by atoms with van der Waals surface area (Å²) in [6.07, 6.45) is 3.06. The van der Waals surface area contributed by atoms with Gasteiger partial charge in [-0.2, -0.15) is 0 Å². The molecule has 0 aliphatic heterocycles. The monoisotopic (exact) mass is 570 g/mol. The average molecular weight is 569 g/mol. The summed E-state index contributed by atoms with van der Waals surface area (Å²) in [6.45, 7) is 0. The third kappa shape index (κ3) is 22.6. The first-order chi connectivity index (χ1) is 12.1. The van der Waals surface area contributed by atoms with Crippen LogP contribution in [0.2, 0.25) is 0 Å². The maximum Gasteiger partial charge on any atom is 2.00 e. The van der Waals surface area contributed by atoms with Crippen molar-refractivity contribution in [1.82, 2.24) is 9.97 Å². The molecule has 0 saturated carbocycles. The van der Waals surface area contributed by atoms with E-state index in [-0.39, 0.29) is 27.7 Å². The van der Waals surface area contributed by atoms with Crippen LogP contribution in [0.15, 0.2) is 48.8 Å². The molecule has 15 heteroatoms. The van der Waals surface area contributed by atoms with Crippen molar-refractivity contribution in [2.24, 2.45) is 11.5 Å². The maximum atomic E-state index is 10.4. The van der Waals surface area contributed by atoms with Crippen molar-refractivity contribution in [3.8, 4) is 0 Å². The summed E-state index contributed by atoms with van der Waals surface area (Å²) in [5.74, 6) is -0.980. The number of carbonyl (C=O) groups is 2. The number of amides is 2. The second-order valence-electron chi connectivity index (χ2n) is 3.61. The summed E-state index contributed by atoms with van der Waals surface area (Å²) in [6, 6.07) is 10.0. The van der Waals surface area contributed by atoms with Crippen molar-refractivity contribution in [2.45, 2.75) is 0 Å². The Morgan fingerprint density at radius 3 is 1.11 bits per heavy atom. The van der Waals surface area contributed by atoms with Gasteiger partial charge in [0, 0.05) is 12.4 Å². The molecule has 140 valence electrons. The van der Waals surface area contributed by atoms with Gasteiger partial charge in [0.05, 0.1) is 10.2 Å². The van der Waals surface area contributed by atoms with Gasteiger partial charge in [-0.15, -0.1) is 0 Å². The van der Waals surface area contributed by atoms with Gasteiger partial charge in [0.2, 0.25) is 0 Å². The normalized spacial score (nSPS) is 7.70. The number of nitrogens with zero attached hydrogens (tertiary/aromatic N) is 4. The second-order valence-corrected chi connectivity index (χ2v) is 3.61. The van der Waals surface area contributed by atoms with Crippen LogP contribution < -0.4 is 11.5 Å². The fourth-order valence-corrected chi connectivity index (χ4v) is 1.02. The van der Waals surface area contributed by atoms with Gasteiger partial charge < -0.3 is 42.1 Å². The number of nitrogens with two attached hydrogens (primary N) is 2. The van der Waals surface area contributed by atoms with Gasteiger partial charge in [-0.1, -0.05) is 12.1 Å². The van der Waals surface area contributed by atoms with Crippen molar-refractivity contribution in [3.63, 3.8) is 0 Å². The van der Waals surface area contributed by atoms with Crippen LogP contribution in [-0.4, -0.2) is 32.0 Å². The van der Waals surface area contributed by atoms with E-state index in [0.29, 0.717) is 11.4 Å². The molecule has 0 unspecified atom stereocenters. The Balaban J connectivity index is -0.000000303. The van der Waals surface area contributed by atoms with E-state index in [4.69, 9.17) is 42.1 Å². The number of primary amides is 2. The fraction of sp³-hybridized carbons (Fsp3) is 0. The standard InChI is InChI=1S/2C6H6N2O.Hg.2NO3/c2*7-6(9)5-3-1-2-4-8-5;;2*2-1(3)4/h2*1-4H,(H2,7,9);;;/q;;+2;2*-1. The van der Waals surface area contributed by atoms with Crippen LogP contribution in [-0.2, 0) is 27.7 Å². The van der Waals surface area contributed by atoms with E-state index in [0.717, 1.165) is 0 Å². The molecule has 2 heterocycles. The molecular formula is C12H12HgN6O8. The second kappa shape index (κ2) is 17.4. The van der Waals surface area contributed by atoms with Gasteiger partial charge in [0.1, 0.15) is 11.4 Å². The summed E-state index contributed by atoms with van der Waals surface area (Å²) >= 11 is 0. The molecule has 2 amide bonds. The largest absolute Gasteiger partial charge is 2.00 e. The number of aromatic nitrogens is 2. The van der Waals surface area contributed by atoms with E-state index in [1.165, 1.54) is 12.4 Å². The van der Waals surface area contributed by atoms with E-state index < -0.39 is 22.0 Å². The van der Waals surface area contributed by atoms with Crippen LogP contribution in [0.5, 0.6) is 0 Å². The molecule has 2 rings (SSSR count). The molecule has 0 aromatic carbocycles. The molecular weight excluding hydrogens is 557 g/mol. The summed E-state index contributed by atoms with van der Waals surface area (Å²) in [4.78, 5) is 44.6. The first kappa shape index (κ1) is 28.4. The molecule has 0 atom stereocenters. The van der Waals surface area contributed by atoms with Crippen LogP contribution >= 0.6 is 0 Å². The van der Waals surface area contributed by atoms with Gasteiger partial charge in [-0.3, -0.25) is 19.6 Å². The molecule has 0 bridgehead atoms. The fourth-order valence-electron chi connectivity index (χ4n) is 1.02. The minimum atomic E-state index is -1.75.